The zero-order valence-corrected chi connectivity index (χ0v) is 18.7. The van der Waals surface area contributed by atoms with Crippen molar-refractivity contribution in [3.63, 3.8) is 0 Å². The second-order valence-corrected chi connectivity index (χ2v) is 8.82. The molecule has 3 heterocycles. The van der Waals surface area contributed by atoms with Gasteiger partial charge in [-0.1, -0.05) is 13.8 Å². The summed E-state index contributed by atoms with van der Waals surface area (Å²) in [6, 6.07) is 4.25. The number of benzene rings is 1. The molecule has 0 spiro atoms. The van der Waals surface area contributed by atoms with Gasteiger partial charge in [-0.05, 0) is 58.3 Å². The van der Waals surface area contributed by atoms with Crippen molar-refractivity contribution >= 4 is 39.6 Å². The predicted molar refractivity (Wildman–Crippen MR) is 119 cm³/mol. The van der Waals surface area contributed by atoms with Gasteiger partial charge in [0.25, 0.3) is 0 Å². The summed E-state index contributed by atoms with van der Waals surface area (Å²) in [6.45, 7) is 7.30. The Morgan fingerprint density at radius 2 is 2.14 bits per heavy atom. The van der Waals surface area contributed by atoms with Crippen LogP contribution in [0.25, 0.3) is 11.2 Å². The molecule has 0 amide bonds. The monoisotopic (exact) mass is 510 g/mol. The summed E-state index contributed by atoms with van der Waals surface area (Å²) < 4.78 is 22.7. The van der Waals surface area contributed by atoms with Crippen LogP contribution < -0.4 is 15.8 Å². The largest absolute Gasteiger partial charge is 0.493 e. The Kier molecular flexibility index (Phi) is 5.86. The van der Waals surface area contributed by atoms with Crippen molar-refractivity contribution in [2.45, 2.75) is 33.2 Å². The number of rotatable bonds is 7. The van der Waals surface area contributed by atoms with Crippen LogP contribution in [0.3, 0.4) is 0 Å². The van der Waals surface area contributed by atoms with Gasteiger partial charge in [-0.3, -0.25) is 0 Å². The van der Waals surface area contributed by atoms with E-state index in [2.05, 4.69) is 68.8 Å². The molecule has 4 rings (SSSR count). The lowest BCUT2D eigenvalue weighted by molar-refractivity contribution is 0.356. The quantitative estimate of drug-likeness (QED) is 0.289. The minimum absolute atomic E-state index is 0.0645. The van der Waals surface area contributed by atoms with Crippen LogP contribution in [0.5, 0.6) is 5.75 Å². The number of nitrogens with zero attached hydrogens (tertiary/aromatic N) is 4. The molecule has 154 valence electrons. The molecule has 2 aromatic heterocycles. The summed E-state index contributed by atoms with van der Waals surface area (Å²) in [5, 5.41) is 3.41. The highest BCUT2D eigenvalue weighted by atomic mass is 127. The summed E-state index contributed by atoms with van der Waals surface area (Å²) in [7, 11) is 0. The molecule has 3 aromatic rings. The van der Waals surface area contributed by atoms with E-state index < -0.39 is 6.08 Å². The van der Waals surface area contributed by atoms with Gasteiger partial charge in [-0.2, -0.15) is 14.4 Å². The first kappa shape index (κ1) is 20.3. The number of halogens is 2. The van der Waals surface area contributed by atoms with E-state index in [-0.39, 0.29) is 5.82 Å². The van der Waals surface area contributed by atoms with Crippen LogP contribution in [0.4, 0.5) is 10.2 Å². The summed E-state index contributed by atoms with van der Waals surface area (Å²) >= 11 is 2.35. The van der Waals surface area contributed by atoms with Gasteiger partial charge < -0.3 is 20.4 Å². The minimum Gasteiger partial charge on any atom is -0.493 e. The average Bonchev–Trinajstić information content (AvgIpc) is 3.23. The second-order valence-electron chi connectivity index (χ2n) is 7.65. The van der Waals surface area contributed by atoms with Crippen LogP contribution >= 0.6 is 22.6 Å². The van der Waals surface area contributed by atoms with Crippen molar-refractivity contribution in [3.05, 3.63) is 38.7 Å². The molecule has 1 aromatic carbocycles. The molecule has 1 aliphatic heterocycles. The summed E-state index contributed by atoms with van der Waals surface area (Å²) in [6.07, 6.45) is 0.687. The summed E-state index contributed by atoms with van der Waals surface area (Å²) in [4.78, 5) is 12.3. The Hall–Kier alpha value is -2.01. The van der Waals surface area contributed by atoms with Gasteiger partial charge in [0.05, 0.1) is 6.61 Å². The predicted octanol–water partition coefficient (Wildman–Crippen LogP) is 2.92. The maximum Gasteiger partial charge on any atom is 0.312 e. The first-order valence-corrected chi connectivity index (χ1v) is 10.8. The fraction of sp³-hybridized carbons (Fsp3) is 0.450. The Bertz CT molecular complexity index is 1050. The van der Waals surface area contributed by atoms with E-state index in [1.807, 2.05) is 4.57 Å². The number of imidazole rings is 1. The number of fused-ring (bicyclic) bond motifs is 2. The molecule has 3 N–H and O–H groups in total. The molecule has 29 heavy (non-hydrogen) atoms. The number of hydrogen-bond donors (Lipinski definition) is 2. The molecule has 9 heteroatoms. The van der Waals surface area contributed by atoms with Gasteiger partial charge in [0.1, 0.15) is 11.6 Å². The van der Waals surface area contributed by atoms with Gasteiger partial charge in [0.2, 0.25) is 0 Å². The number of nitrogens with one attached hydrogen (secondary N) is 1. The molecule has 0 unspecified atom stereocenters. The van der Waals surface area contributed by atoms with Crippen LogP contribution in [0, 0.1) is 15.6 Å². The topological polar surface area (TPSA) is 90.9 Å². The molecule has 0 atom stereocenters. The Labute approximate surface area is 182 Å². The van der Waals surface area contributed by atoms with Crippen LogP contribution in [0.2, 0.25) is 0 Å². The number of ether oxygens (including phenoxy) is 1. The highest BCUT2D eigenvalue weighted by Crippen LogP contribution is 2.31. The molecular weight excluding hydrogens is 486 g/mol. The normalized spacial score (nSPS) is 13.3. The number of anilines is 1. The maximum absolute atomic E-state index is 13.8. The highest BCUT2D eigenvalue weighted by molar-refractivity contribution is 14.1. The van der Waals surface area contributed by atoms with Gasteiger partial charge >= 0.3 is 6.08 Å². The Morgan fingerprint density at radius 1 is 1.31 bits per heavy atom. The minimum atomic E-state index is -0.835. The van der Waals surface area contributed by atoms with Crippen molar-refractivity contribution in [2.24, 2.45) is 5.92 Å². The van der Waals surface area contributed by atoms with E-state index >= 15 is 0 Å². The summed E-state index contributed by atoms with van der Waals surface area (Å²) in [5.41, 5.74) is 9.16. The Balaban J connectivity index is 1.69. The first-order chi connectivity index (χ1) is 13.9. The van der Waals surface area contributed by atoms with Crippen molar-refractivity contribution in [1.82, 2.24) is 24.8 Å². The van der Waals surface area contributed by atoms with Gasteiger partial charge in [0.15, 0.2) is 17.0 Å². The third-order valence-electron chi connectivity index (χ3n) is 4.95. The maximum atomic E-state index is 13.8. The molecule has 0 aliphatic carbocycles. The zero-order valence-electron chi connectivity index (χ0n) is 16.5. The molecule has 0 saturated carbocycles. The lowest BCUT2D eigenvalue weighted by Gasteiger charge is -2.12. The van der Waals surface area contributed by atoms with E-state index in [9.17, 15) is 4.39 Å². The second kappa shape index (κ2) is 8.39. The van der Waals surface area contributed by atoms with Gasteiger partial charge in [0, 0.05) is 29.5 Å². The summed E-state index contributed by atoms with van der Waals surface area (Å²) in [5.74, 6) is 2.34. The molecule has 0 radical (unpaired) electrons. The third kappa shape index (κ3) is 4.30. The Morgan fingerprint density at radius 3 is 2.93 bits per heavy atom. The molecule has 0 fully saturated rings. The number of hydrogen-bond acceptors (Lipinski definition) is 6. The van der Waals surface area contributed by atoms with E-state index in [4.69, 9.17) is 10.5 Å². The number of nitrogen functional groups attached to an aromatic ring is 1. The smallest absolute Gasteiger partial charge is 0.312 e. The van der Waals surface area contributed by atoms with Crippen LogP contribution in [0.1, 0.15) is 30.8 Å². The van der Waals surface area contributed by atoms with Crippen molar-refractivity contribution in [3.8, 4) is 5.75 Å². The van der Waals surface area contributed by atoms with Crippen molar-refractivity contribution in [1.29, 1.82) is 0 Å². The average molecular weight is 510 g/mol. The highest BCUT2D eigenvalue weighted by Gasteiger charge is 2.20. The SMILES string of the molecule is CC(C)CNCCn1c(Cc2cc3c(cc2I)CCO3)nc2c(N)nc(F)nc21. The third-order valence-corrected chi connectivity index (χ3v) is 5.95. The van der Waals surface area contributed by atoms with Crippen LogP contribution in [-0.4, -0.2) is 39.2 Å². The van der Waals surface area contributed by atoms with Crippen LogP contribution in [0.15, 0.2) is 12.1 Å². The van der Waals surface area contributed by atoms with E-state index in [0.717, 1.165) is 46.8 Å². The molecule has 0 bridgehead atoms. The lowest BCUT2D eigenvalue weighted by atomic mass is 10.1. The van der Waals surface area contributed by atoms with Crippen molar-refractivity contribution < 1.29 is 9.13 Å². The molecule has 0 saturated heterocycles. The first-order valence-electron chi connectivity index (χ1n) is 9.75. The molecule has 7 nitrogen and oxygen atoms in total. The fourth-order valence-corrected chi connectivity index (χ4v) is 4.26. The zero-order chi connectivity index (χ0) is 20.5. The lowest BCUT2D eigenvalue weighted by Crippen LogP contribution is -2.25. The van der Waals surface area contributed by atoms with Crippen molar-refractivity contribution in [2.75, 3.05) is 25.4 Å². The van der Waals surface area contributed by atoms with Gasteiger partial charge in [-0.15, -0.1) is 0 Å². The number of nitrogens with two attached hydrogens (primary N) is 1. The standard InChI is InChI=1S/C20H24FIN6O/c1-11(2)10-24-4-5-28-16(25-17-18(23)26-20(21)27-19(17)28)9-13-8-15-12(3-6-29-15)7-14(13)22/h7-8,11,24H,3-6,9-10H2,1-2H3,(H2,23,26,27). The van der Waals surface area contributed by atoms with E-state index in [1.165, 1.54) is 5.56 Å². The van der Waals surface area contributed by atoms with E-state index in [1.54, 1.807) is 0 Å². The van der Waals surface area contributed by atoms with Gasteiger partial charge in [-0.25, -0.2) is 4.98 Å². The number of aromatic nitrogens is 4. The van der Waals surface area contributed by atoms with E-state index in [0.29, 0.717) is 30.0 Å². The molecule has 1 aliphatic rings. The fourth-order valence-electron chi connectivity index (χ4n) is 3.53. The molecular formula is C20H24FIN6O. The van der Waals surface area contributed by atoms with Crippen LogP contribution in [-0.2, 0) is 19.4 Å².